The van der Waals surface area contributed by atoms with Gasteiger partial charge in [-0.15, -0.1) is 0 Å². The molecule has 28 heavy (non-hydrogen) atoms. The zero-order valence-electron chi connectivity index (χ0n) is 16.4. The van der Waals surface area contributed by atoms with Crippen molar-refractivity contribution in [2.24, 2.45) is 0 Å². The van der Waals surface area contributed by atoms with Crippen LogP contribution in [0.25, 0.3) is 0 Å². The fraction of sp³-hybridized carbons (Fsp3) is 0.350. The van der Waals surface area contributed by atoms with E-state index in [2.05, 4.69) is 5.32 Å². The fourth-order valence-electron chi connectivity index (χ4n) is 2.83. The number of amides is 1. The first-order chi connectivity index (χ1) is 13.3. The molecule has 0 aliphatic rings. The molecule has 0 aliphatic heterocycles. The van der Waals surface area contributed by atoms with Crippen molar-refractivity contribution in [3.63, 3.8) is 0 Å². The molecule has 0 heterocycles. The molecule has 0 fully saturated rings. The van der Waals surface area contributed by atoms with Crippen molar-refractivity contribution in [1.29, 1.82) is 0 Å². The third-order valence-electron chi connectivity index (χ3n) is 4.26. The Kier molecular flexibility index (Phi) is 7.68. The van der Waals surface area contributed by atoms with Crippen molar-refractivity contribution < 1.29 is 17.6 Å². The summed E-state index contributed by atoms with van der Waals surface area (Å²) in [4.78, 5) is 14.2. The molecule has 152 valence electrons. The Hall–Kier alpha value is -2.29. The van der Waals surface area contributed by atoms with Crippen molar-refractivity contribution in [2.45, 2.75) is 25.3 Å². The second-order valence-corrected chi connectivity index (χ2v) is 8.40. The molecule has 2 aromatic carbocycles. The molecular formula is C20H26FN3O3S. The summed E-state index contributed by atoms with van der Waals surface area (Å²) in [5, 5.41) is 2.75. The van der Waals surface area contributed by atoms with Gasteiger partial charge < -0.3 is 5.32 Å². The largest absolute Gasteiger partial charge is 0.325 e. The molecule has 0 saturated heterocycles. The molecule has 0 radical (unpaired) electrons. The maximum Gasteiger partial charge on any atom is 0.243 e. The van der Waals surface area contributed by atoms with E-state index in [0.717, 1.165) is 5.56 Å². The van der Waals surface area contributed by atoms with Gasteiger partial charge in [-0.05, 0) is 49.0 Å². The summed E-state index contributed by atoms with van der Waals surface area (Å²) in [6.07, 6.45) is 0. The molecule has 2 rings (SSSR count). The van der Waals surface area contributed by atoms with E-state index in [1.165, 1.54) is 28.6 Å². The average molecular weight is 408 g/mol. The molecule has 0 bridgehead atoms. The number of carbonyl (C=O) groups excluding carboxylic acids is 1. The third-order valence-corrected chi connectivity index (χ3v) is 6.32. The van der Waals surface area contributed by atoms with Gasteiger partial charge in [0, 0.05) is 25.3 Å². The molecule has 2 aromatic rings. The highest BCUT2D eigenvalue weighted by atomic mass is 32.2. The van der Waals surface area contributed by atoms with Crippen molar-refractivity contribution in [3.8, 4) is 0 Å². The standard InChI is InChI=1S/C20H26FN3O3S/c1-4-24(5-2)28(26,27)19-12-10-18(11-13-19)22-20(25)15-23(3)14-16-6-8-17(21)9-7-16/h6-13H,4-5,14-15H2,1-3H3,(H,22,25). The van der Waals surface area contributed by atoms with Gasteiger partial charge in [0.25, 0.3) is 0 Å². The van der Waals surface area contributed by atoms with Crippen LogP contribution in [0.2, 0.25) is 0 Å². The number of benzene rings is 2. The molecular weight excluding hydrogens is 381 g/mol. The van der Waals surface area contributed by atoms with Crippen LogP contribution >= 0.6 is 0 Å². The van der Waals surface area contributed by atoms with Gasteiger partial charge in [-0.1, -0.05) is 26.0 Å². The summed E-state index contributed by atoms with van der Waals surface area (Å²) >= 11 is 0. The minimum absolute atomic E-state index is 0.150. The van der Waals surface area contributed by atoms with Crippen LogP contribution in [0.1, 0.15) is 19.4 Å². The quantitative estimate of drug-likeness (QED) is 0.694. The van der Waals surface area contributed by atoms with Crippen LogP contribution in [-0.2, 0) is 21.4 Å². The van der Waals surface area contributed by atoms with E-state index in [1.54, 1.807) is 45.2 Å². The smallest absolute Gasteiger partial charge is 0.243 e. The molecule has 6 nitrogen and oxygen atoms in total. The van der Waals surface area contributed by atoms with Gasteiger partial charge in [-0.25, -0.2) is 12.8 Å². The number of nitrogens with zero attached hydrogens (tertiary/aromatic N) is 2. The summed E-state index contributed by atoms with van der Waals surface area (Å²) < 4.78 is 39.3. The Morgan fingerprint density at radius 1 is 1.00 bits per heavy atom. The number of hydrogen-bond donors (Lipinski definition) is 1. The Balaban J connectivity index is 1.94. The van der Waals surface area contributed by atoms with Crippen molar-refractivity contribution in [1.82, 2.24) is 9.21 Å². The van der Waals surface area contributed by atoms with E-state index in [9.17, 15) is 17.6 Å². The molecule has 0 unspecified atom stereocenters. The van der Waals surface area contributed by atoms with E-state index >= 15 is 0 Å². The number of hydrogen-bond acceptors (Lipinski definition) is 4. The summed E-state index contributed by atoms with van der Waals surface area (Å²) in [6, 6.07) is 12.3. The van der Waals surface area contributed by atoms with Crippen LogP contribution < -0.4 is 5.32 Å². The van der Waals surface area contributed by atoms with Crippen LogP contribution in [0.5, 0.6) is 0 Å². The molecule has 0 saturated carbocycles. The van der Waals surface area contributed by atoms with Gasteiger partial charge in [0.2, 0.25) is 15.9 Å². The first kappa shape index (κ1) is 22.0. The second-order valence-electron chi connectivity index (χ2n) is 6.46. The zero-order chi connectivity index (χ0) is 20.7. The molecule has 8 heteroatoms. The lowest BCUT2D eigenvalue weighted by Gasteiger charge is -2.19. The predicted molar refractivity (Wildman–Crippen MR) is 108 cm³/mol. The second kappa shape index (κ2) is 9.77. The monoisotopic (exact) mass is 407 g/mol. The molecule has 0 aliphatic carbocycles. The minimum Gasteiger partial charge on any atom is -0.325 e. The highest BCUT2D eigenvalue weighted by molar-refractivity contribution is 7.89. The number of rotatable bonds is 9. The lowest BCUT2D eigenvalue weighted by molar-refractivity contribution is -0.117. The Bertz CT molecular complexity index is 880. The Labute approximate surface area is 166 Å². The van der Waals surface area contributed by atoms with Crippen LogP contribution in [0.3, 0.4) is 0 Å². The number of sulfonamides is 1. The Morgan fingerprint density at radius 3 is 2.11 bits per heavy atom. The molecule has 0 atom stereocenters. The van der Waals surface area contributed by atoms with Crippen LogP contribution in [-0.4, -0.2) is 50.2 Å². The molecule has 1 N–H and O–H groups in total. The maximum atomic E-state index is 12.9. The van der Waals surface area contributed by atoms with Crippen molar-refractivity contribution in [2.75, 3.05) is 32.0 Å². The van der Waals surface area contributed by atoms with Crippen LogP contribution in [0, 0.1) is 5.82 Å². The molecule has 0 spiro atoms. The first-order valence-corrected chi connectivity index (χ1v) is 10.5. The van der Waals surface area contributed by atoms with E-state index in [4.69, 9.17) is 0 Å². The van der Waals surface area contributed by atoms with Gasteiger partial charge >= 0.3 is 0 Å². The number of nitrogens with one attached hydrogen (secondary N) is 1. The van der Waals surface area contributed by atoms with Gasteiger partial charge in [-0.2, -0.15) is 4.31 Å². The normalized spacial score (nSPS) is 11.8. The number of likely N-dealkylation sites (N-methyl/N-ethyl adjacent to an activating group) is 1. The topological polar surface area (TPSA) is 69.7 Å². The SMILES string of the molecule is CCN(CC)S(=O)(=O)c1ccc(NC(=O)CN(C)Cc2ccc(F)cc2)cc1. The average Bonchev–Trinajstić information content (AvgIpc) is 2.64. The lowest BCUT2D eigenvalue weighted by atomic mass is 10.2. The van der Waals surface area contributed by atoms with Gasteiger partial charge in [0.1, 0.15) is 5.82 Å². The third kappa shape index (κ3) is 5.85. The van der Waals surface area contributed by atoms with Gasteiger partial charge in [0.05, 0.1) is 11.4 Å². The van der Waals surface area contributed by atoms with E-state index in [1.807, 2.05) is 4.90 Å². The zero-order valence-corrected chi connectivity index (χ0v) is 17.2. The van der Waals surface area contributed by atoms with Crippen LogP contribution in [0.4, 0.5) is 10.1 Å². The lowest BCUT2D eigenvalue weighted by Crippen LogP contribution is -2.31. The molecule has 1 amide bonds. The molecule has 0 aromatic heterocycles. The fourth-order valence-corrected chi connectivity index (χ4v) is 4.28. The maximum absolute atomic E-state index is 12.9. The summed E-state index contributed by atoms with van der Waals surface area (Å²) in [6.45, 7) is 5.04. The van der Waals surface area contributed by atoms with Crippen LogP contribution in [0.15, 0.2) is 53.4 Å². The van der Waals surface area contributed by atoms with E-state index < -0.39 is 10.0 Å². The van der Waals surface area contributed by atoms with Gasteiger partial charge in [-0.3, -0.25) is 9.69 Å². The summed E-state index contributed by atoms with van der Waals surface area (Å²) in [7, 11) is -1.72. The Morgan fingerprint density at radius 2 is 1.57 bits per heavy atom. The highest BCUT2D eigenvalue weighted by Gasteiger charge is 2.21. The number of anilines is 1. The van der Waals surface area contributed by atoms with Crippen molar-refractivity contribution in [3.05, 3.63) is 59.9 Å². The predicted octanol–water partition coefficient (Wildman–Crippen LogP) is 2.93. The highest BCUT2D eigenvalue weighted by Crippen LogP contribution is 2.18. The summed E-state index contributed by atoms with van der Waals surface area (Å²) in [5.41, 5.74) is 1.43. The van der Waals surface area contributed by atoms with Crippen molar-refractivity contribution >= 4 is 21.6 Å². The van der Waals surface area contributed by atoms with Gasteiger partial charge in [0.15, 0.2) is 0 Å². The minimum atomic E-state index is -3.52. The number of carbonyl (C=O) groups is 1. The van der Waals surface area contributed by atoms with E-state index in [0.29, 0.717) is 25.3 Å². The summed E-state index contributed by atoms with van der Waals surface area (Å²) in [5.74, 6) is -0.514. The number of halogens is 1. The van der Waals surface area contributed by atoms with E-state index in [-0.39, 0.29) is 23.2 Å². The first-order valence-electron chi connectivity index (χ1n) is 9.09.